The number of anilines is 6. The van der Waals surface area contributed by atoms with Gasteiger partial charge in [0, 0.05) is 44.3 Å². The van der Waals surface area contributed by atoms with Crippen molar-refractivity contribution in [2.24, 2.45) is 0 Å². The molecule has 0 unspecified atom stereocenters. The molecule has 13 heteroatoms. The summed E-state index contributed by atoms with van der Waals surface area (Å²) in [5.74, 6) is 0. The molecular formula is C33H29N5O6S2. The molecule has 0 heterocycles. The topological polar surface area (TPSA) is 169 Å². The molecule has 0 saturated heterocycles. The number of hydrazine groups is 1. The third-order valence-electron chi connectivity index (χ3n) is 7.29. The van der Waals surface area contributed by atoms with E-state index in [0.29, 0.717) is 27.8 Å². The maximum absolute atomic E-state index is 12.4. The van der Waals surface area contributed by atoms with Crippen molar-refractivity contribution >= 4 is 75.9 Å². The van der Waals surface area contributed by atoms with E-state index in [2.05, 4.69) is 26.8 Å². The highest BCUT2D eigenvalue weighted by molar-refractivity contribution is 7.86. The van der Waals surface area contributed by atoms with Crippen molar-refractivity contribution in [2.75, 3.05) is 33.5 Å². The lowest BCUT2D eigenvalue weighted by atomic mass is 10.1. The van der Waals surface area contributed by atoms with Gasteiger partial charge in [0.05, 0.1) is 22.9 Å². The van der Waals surface area contributed by atoms with Crippen LogP contribution in [0.4, 0.5) is 34.1 Å². The quantitative estimate of drug-likeness (QED) is 0.0430. The second-order valence-electron chi connectivity index (χ2n) is 10.3. The van der Waals surface area contributed by atoms with Gasteiger partial charge in [-0.25, -0.2) is 0 Å². The third-order valence-corrected chi connectivity index (χ3v) is 9.04. The Morgan fingerprint density at radius 1 is 0.500 bits per heavy atom. The summed E-state index contributed by atoms with van der Waals surface area (Å²) < 4.78 is 67.1. The van der Waals surface area contributed by atoms with Crippen LogP contribution in [0.25, 0.3) is 21.5 Å². The zero-order chi connectivity index (χ0) is 32.3. The number of nitrogens with one attached hydrogen (secondary N) is 5. The van der Waals surface area contributed by atoms with Crippen LogP contribution < -0.4 is 26.8 Å². The van der Waals surface area contributed by atoms with Crippen LogP contribution in [-0.4, -0.2) is 32.6 Å². The summed E-state index contributed by atoms with van der Waals surface area (Å²) in [6.07, 6.45) is 0. The molecule has 0 atom stereocenters. The number of hydrogen-bond acceptors (Lipinski definition) is 9. The molecule has 11 nitrogen and oxygen atoms in total. The van der Waals surface area contributed by atoms with Gasteiger partial charge in [0.25, 0.3) is 20.2 Å². The van der Waals surface area contributed by atoms with E-state index in [9.17, 15) is 25.9 Å². The van der Waals surface area contributed by atoms with Crippen molar-refractivity contribution in [1.82, 2.24) is 0 Å². The van der Waals surface area contributed by atoms with Crippen molar-refractivity contribution in [3.63, 3.8) is 0 Å². The molecule has 0 aromatic heterocycles. The first-order valence-corrected chi connectivity index (χ1v) is 16.9. The van der Waals surface area contributed by atoms with E-state index in [1.54, 1.807) is 24.3 Å². The number of benzene rings is 6. The SMILES string of the molecule is O=S(=O)(O)c1cccc(NCNc2ccc(NNc3ccc(Nc4ccccc4)c4c(S(=O)(=O)O)cccc34)c3ccccc23)c1. The molecule has 6 aromatic rings. The van der Waals surface area contributed by atoms with Crippen molar-refractivity contribution in [3.05, 3.63) is 121 Å². The van der Waals surface area contributed by atoms with Gasteiger partial charge < -0.3 is 26.8 Å². The Bertz CT molecular complexity index is 2280. The molecule has 7 N–H and O–H groups in total. The van der Waals surface area contributed by atoms with Gasteiger partial charge in [-0.05, 0) is 60.7 Å². The zero-order valence-corrected chi connectivity index (χ0v) is 25.7. The van der Waals surface area contributed by atoms with Gasteiger partial charge in [0.15, 0.2) is 0 Å². The van der Waals surface area contributed by atoms with E-state index in [1.165, 1.54) is 24.3 Å². The van der Waals surface area contributed by atoms with Crippen LogP contribution in [0.15, 0.2) is 131 Å². The van der Waals surface area contributed by atoms with E-state index in [4.69, 9.17) is 0 Å². The summed E-state index contributed by atoms with van der Waals surface area (Å²) in [7, 11) is -8.85. The van der Waals surface area contributed by atoms with E-state index < -0.39 is 20.2 Å². The first-order valence-electron chi connectivity index (χ1n) is 14.0. The Morgan fingerprint density at radius 2 is 1.07 bits per heavy atom. The van der Waals surface area contributed by atoms with E-state index >= 15 is 0 Å². The van der Waals surface area contributed by atoms with Gasteiger partial charge in [-0.2, -0.15) is 16.8 Å². The highest BCUT2D eigenvalue weighted by Crippen LogP contribution is 2.37. The molecule has 0 radical (unpaired) electrons. The number of hydrogen-bond donors (Lipinski definition) is 7. The summed E-state index contributed by atoms with van der Waals surface area (Å²) >= 11 is 0. The molecule has 0 bridgehead atoms. The minimum absolute atomic E-state index is 0.199. The van der Waals surface area contributed by atoms with Crippen LogP contribution in [-0.2, 0) is 20.2 Å². The molecule has 0 spiro atoms. The fourth-order valence-corrected chi connectivity index (χ4v) is 6.44. The lowest BCUT2D eigenvalue weighted by Crippen LogP contribution is -2.13. The average molecular weight is 656 g/mol. The second-order valence-corrected chi connectivity index (χ2v) is 13.1. The van der Waals surface area contributed by atoms with Gasteiger partial charge in [-0.3, -0.25) is 9.11 Å². The van der Waals surface area contributed by atoms with E-state index in [1.807, 2.05) is 72.8 Å². The normalized spacial score (nSPS) is 11.7. The fourth-order valence-electron chi connectivity index (χ4n) is 5.18. The molecule has 6 aromatic carbocycles. The molecule has 0 saturated carbocycles. The summed E-state index contributed by atoms with van der Waals surface area (Å²) in [6, 6.07) is 35.0. The molecule has 46 heavy (non-hydrogen) atoms. The Balaban J connectivity index is 1.26. The lowest BCUT2D eigenvalue weighted by Gasteiger charge is -2.19. The first kappa shape index (κ1) is 30.7. The maximum Gasteiger partial charge on any atom is 0.295 e. The van der Waals surface area contributed by atoms with Gasteiger partial charge in [0.2, 0.25) is 0 Å². The van der Waals surface area contributed by atoms with Gasteiger partial charge >= 0.3 is 0 Å². The molecular weight excluding hydrogens is 627 g/mol. The average Bonchev–Trinajstić information content (AvgIpc) is 3.04. The molecule has 0 aliphatic heterocycles. The van der Waals surface area contributed by atoms with Crippen molar-refractivity contribution in [3.8, 4) is 0 Å². The second kappa shape index (κ2) is 12.6. The van der Waals surface area contributed by atoms with Crippen molar-refractivity contribution < 1.29 is 25.9 Å². The molecule has 0 aliphatic rings. The Labute approximate surface area is 265 Å². The zero-order valence-electron chi connectivity index (χ0n) is 24.1. The fraction of sp³-hybridized carbons (Fsp3) is 0.0303. The highest BCUT2D eigenvalue weighted by Gasteiger charge is 2.19. The summed E-state index contributed by atoms with van der Waals surface area (Å²) in [6.45, 7) is 0.273. The van der Waals surface area contributed by atoms with Crippen LogP contribution in [0, 0.1) is 0 Å². The Kier molecular flexibility index (Phi) is 8.39. The largest absolute Gasteiger partial charge is 0.368 e. The summed E-state index contributed by atoms with van der Waals surface area (Å²) in [4.78, 5) is -0.416. The predicted octanol–water partition coefficient (Wildman–Crippen LogP) is 7.15. The highest BCUT2D eigenvalue weighted by atomic mass is 32.2. The van der Waals surface area contributed by atoms with Gasteiger partial charge in [-0.15, -0.1) is 0 Å². The van der Waals surface area contributed by atoms with Crippen LogP contribution in [0.1, 0.15) is 0 Å². The van der Waals surface area contributed by atoms with Crippen molar-refractivity contribution in [2.45, 2.75) is 9.79 Å². The smallest absolute Gasteiger partial charge is 0.295 e. The Hall–Kier alpha value is -5.34. The molecule has 234 valence electrons. The molecule has 0 aliphatic carbocycles. The molecule has 6 rings (SSSR count). The number of fused-ring (bicyclic) bond motifs is 2. The number of rotatable bonds is 11. The minimum atomic E-state index is -4.53. The van der Waals surface area contributed by atoms with Crippen LogP contribution >= 0.6 is 0 Å². The minimum Gasteiger partial charge on any atom is -0.368 e. The summed E-state index contributed by atoms with van der Waals surface area (Å²) in [5, 5.41) is 12.4. The predicted molar refractivity (Wildman–Crippen MR) is 183 cm³/mol. The third kappa shape index (κ3) is 6.67. The van der Waals surface area contributed by atoms with Crippen molar-refractivity contribution in [1.29, 1.82) is 0 Å². The standard InChI is InChI=1S/C33H29N5O6S2/c39-45(40,41)24-11-6-10-23(20-24)34-21-35-28-16-17-29(26-13-5-4-12-25(26)28)37-38-30-18-19-31(36-22-8-2-1-3-9-22)33-27(30)14-7-15-32(33)46(42,43)44/h1-20,34-38H,21H2,(H,39,40,41)(H,42,43,44). The van der Waals surface area contributed by atoms with Gasteiger partial charge in [-0.1, -0.05) is 60.7 Å². The van der Waals surface area contributed by atoms with E-state index in [-0.39, 0.29) is 16.5 Å². The lowest BCUT2D eigenvalue weighted by molar-refractivity contribution is 0.481. The first-order chi connectivity index (χ1) is 22.1. The molecule has 0 fully saturated rings. The monoisotopic (exact) mass is 655 g/mol. The van der Waals surface area contributed by atoms with Gasteiger partial charge in [0.1, 0.15) is 4.90 Å². The summed E-state index contributed by atoms with van der Waals surface area (Å²) in [5.41, 5.74) is 10.4. The van der Waals surface area contributed by atoms with E-state index in [0.717, 1.165) is 27.8 Å². The molecule has 0 amide bonds. The maximum atomic E-state index is 12.4. The van der Waals surface area contributed by atoms with Crippen LogP contribution in [0.2, 0.25) is 0 Å². The van der Waals surface area contributed by atoms with Crippen LogP contribution in [0.3, 0.4) is 0 Å². The number of para-hydroxylation sites is 1. The Morgan fingerprint density at radius 3 is 1.76 bits per heavy atom. The van der Waals surface area contributed by atoms with Crippen LogP contribution in [0.5, 0.6) is 0 Å².